The molecule has 1 aromatic rings. The van der Waals surface area contributed by atoms with Crippen LogP contribution in [-0.4, -0.2) is 42.6 Å². The minimum atomic E-state index is -3.24. The van der Waals surface area contributed by atoms with Crippen molar-refractivity contribution >= 4 is 21.6 Å². The lowest BCUT2D eigenvalue weighted by molar-refractivity contribution is -0.120. The number of nitrogens with one attached hydrogen (secondary N) is 1. The molecule has 20 heavy (non-hydrogen) atoms. The van der Waals surface area contributed by atoms with Crippen molar-refractivity contribution < 1.29 is 17.7 Å². The molecule has 0 bridgehead atoms. The van der Waals surface area contributed by atoms with Crippen molar-refractivity contribution in [3.8, 4) is 0 Å². The summed E-state index contributed by atoms with van der Waals surface area (Å²) in [5.74, 6) is -0.460. The zero-order chi connectivity index (χ0) is 14.8. The van der Waals surface area contributed by atoms with Gasteiger partial charge in [0.2, 0.25) is 15.9 Å². The molecule has 1 atom stereocenters. The number of piperidine rings is 1. The highest BCUT2D eigenvalue weighted by Gasteiger charge is 2.31. The van der Waals surface area contributed by atoms with Crippen molar-refractivity contribution in [3.05, 3.63) is 12.0 Å². The lowest BCUT2D eigenvalue weighted by atomic mass is 9.99. The summed E-state index contributed by atoms with van der Waals surface area (Å²) in [5.41, 5.74) is 1.14. The molecule has 1 aliphatic heterocycles. The van der Waals surface area contributed by atoms with Crippen LogP contribution in [0.5, 0.6) is 0 Å². The molecule has 1 amide bonds. The molecule has 1 aromatic heterocycles. The Morgan fingerprint density at radius 1 is 1.60 bits per heavy atom. The Morgan fingerprint density at radius 3 is 2.95 bits per heavy atom. The predicted molar refractivity (Wildman–Crippen MR) is 73.6 cm³/mol. The van der Waals surface area contributed by atoms with Gasteiger partial charge in [0.25, 0.3) is 0 Å². The molecule has 1 unspecified atom stereocenters. The van der Waals surface area contributed by atoms with E-state index in [1.807, 2.05) is 0 Å². The molecule has 0 saturated carbocycles. The highest BCUT2D eigenvalue weighted by atomic mass is 32.2. The zero-order valence-electron chi connectivity index (χ0n) is 11.6. The molecule has 0 radical (unpaired) electrons. The molecular weight excluding hydrogens is 282 g/mol. The van der Waals surface area contributed by atoms with E-state index in [-0.39, 0.29) is 24.1 Å². The number of amides is 1. The topological polar surface area (TPSA) is 92.5 Å². The van der Waals surface area contributed by atoms with Gasteiger partial charge in [0.15, 0.2) is 0 Å². The second-order valence-electron chi connectivity index (χ2n) is 4.90. The first-order chi connectivity index (χ1) is 9.44. The normalized spacial score (nSPS) is 20.8. The van der Waals surface area contributed by atoms with Crippen LogP contribution in [0, 0.1) is 12.8 Å². The van der Waals surface area contributed by atoms with Gasteiger partial charge in [0.1, 0.15) is 17.6 Å². The molecule has 0 aliphatic carbocycles. The summed E-state index contributed by atoms with van der Waals surface area (Å²) in [5, 5.41) is 6.42. The first-order valence-corrected chi connectivity index (χ1v) is 8.24. The van der Waals surface area contributed by atoms with Crippen molar-refractivity contribution in [2.45, 2.75) is 26.7 Å². The van der Waals surface area contributed by atoms with Crippen LogP contribution < -0.4 is 5.32 Å². The van der Waals surface area contributed by atoms with Gasteiger partial charge in [0, 0.05) is 13.1 Å². The van der Waals surface area contributed by atoms with E-state index in [2.05, 4.69) is 10.5 Å². The van der Waals surface area contributed by atoms with E-state index in [4.69, 9.17) is 4.52 Å². The molecule has 1 saturated heterocycles. The third-order valence-corrected chi connectivity index (χ3v) is 5.37. The van der Waals surface area contributed by atoms with E-state index < -0.39 is 10.0 Å². The Hall–Kier alpha value is -1.41. The second-order valence-corrected chi connectivity index (χ2v) is 7.16. The van der Waals surface area contributed by atoms with Crippen LogP contribution in [0.25, 0.3) is 0 Å². The fourth-order valence-electron chi connectivity index (χ4n) is 2.24. The van der Waals surface area contributed by atoms with Crippen molar-refractivity contribution in [2.24, 2.45) is 5.92 Å². The molecule has 112 valence electrons. The molecule has 2 heterocycles. The zero-order valence-corrected chi connectivity index (χ0v) is 12.4. The first kappa shape index (κ1) is 15.0. The third-order valence-electron chi connectivity index (χ3n) is 3.52. The Morgan fingerprint density at radius 2 is 2.35 bits per heavy atom. The van der Waals surface area contributed by atoms with Crippen LogP contribution in [0.4, 0.5) is 5.69 Å². The Kier molecular flexibility index (Phi) is 4.44. The van der Waals surface area contributed by atoms with E-state index in [1.54, 1.807) is 13.8 Å². The van der Waals surface area contributed by atoms with Gasteiger partial charge in [-0.3, -0.25) is 4.79 Å². The maximum Gasteiger partial charge on any atom is 0.228 e. The second kappa shape index (κ2) is 5.92. The van der Waals surface area contributed by atoms with Crippen molar-refractivity contribution in [1.29, 1.82) is 0 Å². The molecule has 0 spiro atoms. The Balaban J connectivity index is 2.02. The van der Waals surface area contributed by atoms with Crippen LogP contribution in [0.1, 0.15) is 25.5 Å². The van der Waals surface area contributed by atoms with Gasteiger partial charge in [-0.2, -0.15) is 0 Å². The number of aromatic nitrogens is 1. The largest absolute Gasteiger partial charge is 0.362 e. The van der Waals surface area contributed by atoms with E-state index in [9.17, 15) is 13.2 Å². The van der Waals surface area contributed by atoms with Crippen LogP contribution in [-0.2, 0) is 14.8 Å². The number of carbonyl (C=O) groups excluding carboxylic acids is 1. The average molecular weight is 301 g/mol. The fraction of sp³-hybridized carbons (Fsp3) is 0.667. The summed E-state index contributed by atoms with van der Waals surface area (Å²) >= 11 is 0. The lowest BCUT2D eigenvalue weighted by Crippen LogP contribution is -2.44. The van der Waals surface area contributed by atoms with Crippen LogP contribution in [0.2, 0.25) is 0 Å². The van der Waals surface area contributed by atoms with Crippen LogP contribution in [0.3, 0.4) is 0 Å². The molecule has 7 nitrogen and oxygen atoms in total. The standard InChI is InChI=1S/C12H19N3O4S/c1-3-20(17,18)15-6-4-5-10(7-15)12(16)13-11-8-19-14-9(11)2/h8,10H,3-7H2,1-2H3,(H,13,16). The van der Waals surface area contributed by atoms with Crippen molar-refractivity contribution in [1.82, 2.24) is 9.46 Å². The average Bonchev–Trinajstić information content (AvgIpc) is 2.84. The van der Waals surface area contributed by atoms with Gasteiger partial charge in [0.05, 0.1) is 11.7 Å². The summed E-state index contributed by atoms with van der Waals surface area (Å²) in [7, 11) is -3.24. The predicted octanol–water partition coefficient (Wildman–Crippen LogP) is 0.983. The van der Waals surface area contributed by atoms with Gasteiger partial charge < -0.3 is 9.84 Å². The summed E-state index contributed by atoms with van der Waals surface area (Å²) in [4.78, 5) is 12.2. The summed E-state index contributed by atoms with van der Waals surface area (Å²) < 4.78 is 29.9. The van der Waals surface area contributed by atoms with E-state index in [0.717, 1.165) is 0 Å². The van der Waals surface area contributed by atoms with E-state index >= 15 is 0 Å². The summed E-state index contributed by atoms with van der Waals surface area (Å²) in [6.45, 7) is 4.08. The van der Waals surface area contributed by atoms with Gasteiger partial charge in [-0.1, -0.05) is 5.16 Å². The van der Waals surface area contributed by atoms with Crippen molar-refractivity contribution in [2.75, 3.05) is 24.2 Å². The number of sulfonamides is 1. The number of carbonyl (C=O) groups is 1. The Bertz CT molecular complexity index is 581. The molecule has 1 fully saturated rings. The number of hydrogen-bond donors (Lipinski definition) is 1. The van der Waals surface area contributed by atoms with E-state index in [1.165, 1.54) is 10.6 Å². The molecule has 8 heteroatoms. The monoisotopic (exact) mass is 301 g/mol. The highest BCUT2D eigenvalue weighted by Crippen LogP contribution is 2.22. The number of aryl methyl sites for hydroxylation is 1. The molecule has 1 aliphatic rings. The molecule has 1 N–H and O–H groups in total. The van der Waals surface area contributed by atoms with Crippen molar-refractivity contribution in [3.63, 3.8) is 0 Å². The van der Waals surface area contributed by atoms with Gasteiger partial charge in [-0.05, 0) is 26.7 Å². The number of anilines is 1. The van der Waals surface area contributed by atoms with Crippen LogP contribution in [0.15, 0.2) is 10.8 Å². The first-order valence-electron chi connectivity index (χ1n) is 6.63. The summed E-state index contributed by atoms with van der Waals surface area (Å²) in [6, 6.07) is 0. The SMILES string of the molecule is CCS(=O)(=O)N1CCCC(C(=O)Nc2conc2C)C1. The number of rotatable bonds is 4. The lowest BCUT2D eigenvalue weighted by Gasteiger charge is -2.30. The minimum Gasteiger partial charge on any atom is -0.362 e. The van der Waals surface area contributed by atoms with Gasteiger partial charge >= 0.3 is 0 Å². The van der Waals surface area contributed by atoms with Gasteiger partial charge in [-0.15, -0.1) is 0 Å². The quantitative estimate of drug-likeness (QED) is 0.895. The highest BCUT2D eigenvalue weighted by molar-refractivity contribution is 7.89. The third kappa shape index (κ3) is 3.18. The van der Waals surface area contributed by atoms with Crippen LogP contribution >= 0.6 is 0 Å². The maximum atomic E-state index is 12.2. The molecule has 2 rings (SSSR count). The summed E-state index contributed by atoms with van der Waals surface area (Å²) in [6.07, 6.45) is 2.75. The minimum absolute atomic E-state index is 0.0616. The number of hydrogen-bond acceptors (Lipinski definition) is 5. The molecule has 0 aromatic carbocycles. The van der Waals surface area contributed by atoms with Gasteiger partial charge in [-0.25, -0.2) is 12.7 Å². The smallest absolute Gasteiger partial charge is 0.228 e. The number of nitrogens with zero attached hydrogens (tertiary/aromatic N) is 2. The Labute approximate surface area is 118 Å². The van der Waals surface area contributed by atoms with E-state index in [0.29, 0.717) is 30.8 Å². The maximum absolute atomic E-state index is 12.2. The molecular formula is C12H19N3O4S. The fourth-order valence-corrected chi connectivity index (χ4v) is 3.42.